The van der Waals surface area contributed by atoms with E-state index in [1.165, 1.54) is 25.7 Å². The van der Waals surface area contributed by atoms with Gasteiger partial charge in [0, 0.05) is 6.42 Å². The fourth-order valence-corrected chi connectivity index (χ4v) is 3.41. The number of carbonyl (C=O) groups excluding carboxylic acids is 1. The third-order valence-corrected chi connectivity index (χ3v) is 5.40. The zero-order valence-electron chi connectivity index (χ0n) is 21.1. The Labute approximate surface area is 203 Å². The van der Waals surface area contributed by atoms with Gasteiger partial charge in [0.15, 0.2) is 0 Å². The first-order valence-corrected chi connectivity index (χ1v) is 12.0. The van der Waals surface area contributed by atoms with Gasteiger partial charge in [-0.2, -0.15) is 0 Å². The number of rotatable bonds is 11. The van der Waals surface area contributed by atoms with Gasteiger partial charge in [0.1, 0.15) is 5.69 Å². The molecule has 0 radical (unpaired) electrons. The van der Waals surface area contributed by atoms with E-state index in [1.54, 1.807) is 30.4 Å². The third kappa shape index (κ3) is 10.7. The van der Waals surface area contributed by atoms with Crippen molar-refractivity contribution in [2.24, 2.45) is 5.18 Å². The van der Waals surface area contributed by atoms with E-state index in [0.29, 0.717) is 30.8 Å². The van der Waals surface area contributed by atoms with Crippen LogP contribution in [0, 0.1) is 15.7 Å². The lowest BCUT2D eigenvalue weighted by molar-refractivity contribution is -0.143. The molecule has 1 aromatic carbocycles. The zero-order valence-corrected chi connectivity index (χ0v) is 21.1. The highest BCUT2D eigenvalue weighted by atomic mass is 16.5. The van der Waals surface area contributed by atoms with Crippen molar-refractivity contribution in [1.29, 1.82) is 10.8 Å². The average molecular weight is 469 g/mol. The van der Waals surface area contributed by atoms with E-state index >= 15 is 0 Å². The maximum absolute atomic E-state index is 11.9. The quantitative estimate of drug-likeness (QED) is 0.107. The number of anilines is 1. The first-order valence-electron chi connectivity index (χ1n) is 12.0. The molecule has 1 aliphatic carbocycles. The molecular formula is C27H40N4O3. The molecule has 7 heteroatoms. The number of benzene rings is 1. The van der Waals surface area contributed by atoms with Crippen LogP contribution in [0.1, 0.15) is 83.8 Å². The summed E-state index contributed by atoms with van der Waals surface area (Å²) >= 11 is 0. The summed E-state index contributed by atoms with van der Waals surface area (Å²) in [6, 6.07) is 3.65. The van der Waals surface area contributed by atoms with Crippen molar-refractivity contribution in [3.8, 4) is 0 Å². The maximum atomic E-state index is 11.9. The van der Waals surface area contributed by atoms with Gasteiger partial charge >= 0.3 is 5.97 Å². The predicted molar refractivity (Wildman–Crippen MR) is 141 cm³/mol. The topological polar surface area (TPSA) is 129 Å². The number of esters is 1. The van der Waals surface area contributed by atoms with Crippen molar-refractivity contribution in [1.82, 2.24) is 0 Å². The second-order valence-corrected chi connectivity index (χ2v) is 9.46. The molecule has 0 saturated carbocycles. The van der Waals surface area contributed by atoms with E-state index in [9.17, 15) is 9.70 Å². The van der Waals surface area contributed by atoms with Crippen LogP contribution in [0.25, 0.3) is 0 Å². The lowest BCUT2D eigenvalue weighted by Crippen LogP contribution is -2.13. The van der Waals surface area contributed by atoms with Crippen molar-refractivity contribution >= 4 is 28.8 Å². The first-order chi connectivity index (χ1) is 16.1. The maximum Gasteiger partial charge on any atom is 0.306 e. The van der Waals surface area contributed by atoms with Crippen molar-refractivity contribution in [3.05, 3.63) is 52.5 Å². The molecule has 1 aromatic rings. The summed E-state index contributed by atoms with van der Waals surface area (Å²) in [4.78, 5) is 23.0. The van der Waals surface area contributed by atoms with Crippen molar-refractivity contribution in [2.75, 3.05) is 12.3 Å². The summed E-state index contributed by atoms with van der Waals surface area (Å²) in [6.45, 7) is 8.72. The first kappa shape index (κ1) is 28.9. The minimum absolute atomic E-state index is 0.188. The van der Waals surface area contributed by atoms with Gasteiger partial charge in [-0.05, 0) is 52.8 Å². The van der Waals surface area contributed by atoms with Crippen LogP contribution in [-0.4, -0.2) is 24.0 Å². The Morgan fingerprint density at radius 2 is 1.59 bits per heavy atom. The van der Waals surface area contributed by atoms with Gasteiger partial charge in [-0.15, -0.1) is 4.91 Å². The number of nitrogens with one attached hydrogen (secondary N) is 2. The summed E-state index contributed by atoms with van der Waals surface area (Å²) < 4.78 is 5.30. The zero-order chi connectivity index (χ0) is 25.6. The molecule has 0 aliphatic heterocycles. The smallest absolute Gasteiger partial charge is 0.306 e. The van der Waals surface area contributed by atoms with Crippen LogP contribution in [0.2, 0.25) is 0 Å². The summed E-state index contributed by atoms with van der Waals surface area (Å²) in [5.41, 5.74) is 8.70. The second-order valence-electron chi connectivity index (χ2n) is 9.46. The largest absolute Gasteiger partial charge is 0.466 e. The third-order valence-electron chi connectivity index (χ3n) is 5.40. The highest BCUT2D eigenvalue weighted by Crippen LogP contribution is 2.37. The minimum Gasteiger partial charge on any atom is -0.466 e. The van der Waals surface area contributed by atoms with Crippen molar-refractivity contribution in [2.45, 2.75) is 84.5 Å². The fourth-order valence-electron chi connectivity index (χ4n) is 3.41. The van der Waals surface area contributed by atoms with Crippen LogP contribution >= 0.6 is 0 Å². The van der Waals surface area contributed by atoms with Crippen LogP contribution in [0.5, 0.6) is 0 Å². The fraction of sp³-hybridized carbons (Fsp3) is 0.519. The molecule has 0 saturated heterocycles. The summed E-state index contributed by atoms with van der Waals surface area (Å²) in [6.07, 6.45) is 14.6. The van der Waals surface area contributed by atoms with E-state index in [-0.39, 0.29) is 22.8 Å². The standard InChI is InChI=1S/C21H34N2O3.C6H6N2/c1-5-6-7-8-9-10-13-26-19(24)12-11-16-14-17(21(2,3)4)20(23-25)18(22)15-16;7-5-3-1-2-4-6(5)8/h14-15H,5-13,22H2,1-4H3;1-4,7-8H. The minimum atomic E-state index is -0.244. The number of aryl methyl sites for hydroxylation is 1. The van der Waals surface area contributed by atoms with Crippen LogP contribution in [0.4, 0.5) is 11.4 Å². The van der Waals surface area contributed by atoms with Crippen LogP contribution in [-0.2, 0) is 21.4 Å². The number of nitrogens with two attached hydrogens (primary N) is 1. The van der Waals surface area contributed by atoms with Crippen LogP contribution in [0.3, 0.4) is 0 Å². The van der Waals surface area contributed by atoms with E-state index in [2.05, 4.69) is 12.1 Å². The molecule has 0 atom stereocenters. The molecule has 0 aromatic heterocycles. The number of hydrogen-bond donors (Lipinski definition) is 3. The number of unbranched alkanes of at least 4 members (excludes halogenated alkanes) is 5. The average Bonchev–Trinajstić information content (AvgIpc) is 2.78. The number of allylic oxidation sites excluding steroid dienone is 4. The Morgan fingerprint density at radius 1 is 1.00 bits per heavy atom. The molecule has 0 bridgehead atoms. The van der Waals surface area contributed by atoms with Crippen molar-refractivity contribution < 1.29 is 9.53 Å². The number of nitrogen functional groups attached to an aromatic ring is 1. The molecule has 0 fully saturated rings. The number of ether oxygens (including phenoxy) is 1. The molecule has 0 heterocycles. The number of hydrogen-bond acceptors (Lipinski definition) is 7. The van der Waals surface area contributed by atoms with Gasteiger partial charge in [0.05, 0.1) is 23.7 Å². The molecule has 1 aliphatic rings. The van der Waals surface area contributed by atoms with Crippen molar-refractivity contribution in [3.63, 3.8) is 0 Å². The molecule has 34 heavy (non-hydrogen) atoms. The van der Waals surface area contributed by atoms with E-state index in [1.807, 2.05) is 26.8 Å². The Balaban J connectivity index is 0.000000605. The molecule has 0 amide bonds. The van der Waals surface area contributed by atoms with E-state index in [0.717, 1.165) is 24.0 Å². The van der Waals surface area contributed by atoms with Gasteiger partial charge in [-0.1, -0.05) is 78.0 Å². The molecule has 0 unspecified atom stereocenters. The summed E-state index contributed by atoms with van der Waals surface area (Å²) in [7, 11) is 0. The normalized spacial score (nSPS) is 12.8. The predicted octanol–water partition coefficient (Wildman–Crippen LogP) is 6.95. The van der Waals surface area contributed by atoms with Crippen LogP contribution < -0.4 is 5.73 Å². The Hall–Kier alpha value is -3.09. The Morgan fingerprint density at radius 3 is 2.12 bits per heavy atom. The van der Waals surface area contributed by atoms with Gasteiger partial charge < -0.3 is 10.5 Å². The summed E-state index contributed by atoms with van der Waals surface area (Å²) in [5.74, 6) is -0.188. The van der Waals surface area contributed by atoms with E-state index in [4.69, 9.17) is 21.3 Å². The Kier molecular flexibility index (Phi) is 12.7. The number of carbonyl (C=O) groups is 1. The molecule has 2 rings (SSSR count). The molecule has 7 nitrogen and oxygen atoms in total. The van der Waals surface area contributed by atoms with Gasteiger partial charge in [-0.3, -0.25) is 15.6 Å². The molecule has 186 valence electrons. The van der Waals surface area contributed by atoms with Crippen LogP contribution in [0.15, 0.2) is 41.6 Å². The molecular weight excluding hydrogens is 428 g/mol. The van der Waals surface area contributed by atoms with Gasteiger partial charge in [0.25, 0.3) is 0 Å². The second kappa shape index (κ2) is 14.9. The van der Waals surface area contributed by atoms with E-state index < -0.39 is 0 Å². The number of nitroso groups, excluding NO2 is 1. The molecule has 0 spiro atoms. The number of nitrogens with zero attached hydrogens (tertiary/aromatic N) is 1. The lowest BCUT2D eigenvalue weighted by atomic mass is 9.84. The summed E-state index contributed by atoms with van der Waals surface area (Å²) in [5, 5.41) is 17.1. The highest BCUT2D eigenvalue weighted by Gasteiger charge is 2.21. The Bertz CT molecular complexity index is 889. The van der Waals surface area contributed by atoms with Gasteiger partial charge in [0.2, 0.25) is 0 Å². The lowest BCUT2D eigenvalue weighted by Gasteiger charge is -2.22. The monoisotopic (exact) mass is 468 g/mol. The highest BCUT2D eigenvalue weighted by molar-refractivity contribution is 6.48. The SMILES string of the molecule is CCCCCCCCOC(=O)CCc1cc(N)c(N=O)c(C(C)(C)C)c1.N=C1C=CC=CC1=N. The molecule has 4 N–H and O–H groups in total. The van der Waals surface area contributed by atoms with Gasteiger partial charge in [-0.25, -0.2) is 0 Å².